The summed E-state index contributed by atoms with van der Waals surface area (Å²) in [6, 6.07) is 8.94. The van der Waals surface area contributed by atoms with Gasteiger partial charge >= 0.3 is 0 Å². The fourth-order valence-corrected chi connectivity index (χ4v) is 2.21. The Morgan fingerprint density at radius 2 is 2.05 bits per heavy atom. The Hall–Kier alpha value is -2.54. The third-order valence-electron chi connectivity index (χ3n) is 2.80. The number of nitrogens with one attached hydrogen (secondary N) is 1. The number of rotatable bonds is 4. The second kappa shape index (κ2) is 6.95. The van der Waals surface area contributed by atoms with Crippen LogP contribution in [0.4, 0.5) is 0 Å². The first-order valence-corrected chi connectivity index (χ1v) is 6.99. The summed E-state index contributed by atoms with van der Waals surface area (Å²) in [5.74, 6) is 0.0268. The number of methoxy groups -OCH3 is 1. The van der Waals surface area contributed by atoms with Crippen LogP contribution in [0.5, 0.6) is 17.2 Å². The summed E-state index contributed by atoms with van der Waals surface area (Å²) in [7, 11) is 1.54. The number of benzene rings is 2. The van der Waals surface area contributed by atoms with Crippen molar-refractivity contribution in [2.45, 2.75) is 0 Å². The number of aromatic hydroxyl groups is 2. The first-order chi connectivity index (χ1) is 10.5. The third-order valence-corrected chi connectivity index (χ3v) is 3.42. The number of ether oxygens (including phenoxy) is 1. The van der Waals surface area contributed by atoms with Crippen molar-refractivity contribution in [2.75, 3.05) is 7.11 Å². The molecule has 0 aliphatic rings. The van der Waals surface area contributed by atoms with Crippen LogP contribution in [0.15, 0.2) is 46.0 Å². The fraction of sp³-hybridized carbons (Fsp3) is 0.0667. The molecule has 114 valence electrons. The van der Waals surface area contributed by atoms with Crippen LogP contribution in [0.3, 0.4) is 0 Å². The number of hydrogen-bond acceptors (Lipinski definition) is 5. The second-order valence-electron chi connectivity index (χ2n) is 4.29. The highest BCUT2D eigenvalue weighted by Crippen LogP contribution is 2.25. The quantitative estimate of drug-likeness (QED) is 0.574. The number of phenols is 2. The summed E-state index contributed by atoms with van der Waals surface area (Å²) in [5.41, 5.74) is 3.12. The smallest absolute Gasteiger partial charge is 0.271 e. The van der Waals surface area contributed by atoms with Gasteiger partial charge in [-0.25, -0.2) is 5.43 Å². The maximum atomic E-state index is 11.9. The van der Waals surface area contributed by atoms with E-state index in [1.165, 1.54) is 31.5 Å². The van der Waals surface area contributed by atoms with Crippen LogP contribution >= 0.6 is 15.9 Å². The standard InChI is InChI=1S/C15H13BrN2O4/c1-22-14-5-3-9(6-12(14)16)15(21)18-17-8-10-2-4-11(19)7-13(10)20/h2-8,19-20H,1H3,(H,18,21). The molecule has 0 fully saturated rings. The lowest BCUT2D eigenvalue weighted by Crippen LogP contribution is -2.17. The molecule has 6 nitrogen and oxygen atoms in total. The van der Waals surface area contributed by atoms with Crippen molar-refractivity contribution in [3.05, 3.63) is 52.0 Å². The topological polar surface area (TPSA) is 91.2 Å². The lowest BCUT2D eigenvalue weighted by Gasteiger charge is -2.05. The Bertz CT molecular complexity index is 731. The summed E-state index contributed by atoms with van der Waals surface area (Å²) in [6.07, 6.45) is 1.28. The van der Waals surface area contributed by atoms with Crippen LogP contribution in [0.2, 0.25) is 0 Å². The van der Waals surface area contributed by atoms with Crippen LogP contribution in [0.25, 0.3) is 0 Å². The average molecular weight is 365 g/mol. The third kappa shape index (κ3) is 3.76. The number of carbonyl (C=O) groups excluding carboxylic acids is 1. The van der Waals surface area contributed by atoms with Gasteiger partial charge in [0.25, 0.3) is 5.91 Å². The maximum Gasteiger partial charge on any atom is 0.271 e. The molecule has 0 aliphatic carbocycles. The Labute approximate surface area is 135 Å². The Kier molecular flexibility index (Phi) is 5.00. The maximum absolute atomic E-state index is 11.9. The van der Waals surface area contributed by atoms with E-state index in [0.717, 1.165) is 0 Å². The number of nitrogens with zero attached hydrogens (tertiary/aromatic N) is 1. The van der Waals surface area contributed by atoms with E-state index >= 15 is 0 Å². The zero-order chi connectivity index (χ0) is 16.1. The summed E-state index contributed by atoms with van der Waals surface area (Å²) in [5, 5.41) is 22.5. The van der Waals surface area contributed by atoms with Gasteiger partial charge in [-0.15, -0.1) is 0 Å². The van der Waals surface area contributed by atoms with Crippen LogP contribution in [0, 0.1) is 0 Å². The normalized spacial score (nSPS) is 10.6. The van der Waals surface area contributed by atoms with Gasteiger partial charge in [0, 0.05) is 17.2 Å². The van der Waals surface area contributed by atoms with E-state index in [9.17, 15) is 15.0 Å². The molecule has 2 rings (SSSR count). The van der Waals surface area contributed by atoms with Crippen LogP contribution in [-0.2, 0) is 0 Å². The molecule has 0 spiro atoms. The molecular formula is C15H13BrN2O4. The number of hydrogen-bond donors (Lipinski definition) is 3. The number of carbonyl (C=O) groups is 1. The molecule has 2 aromatic rings. The molecule has 0 saturated heterocycles. The minimum Gasteiger partial charge on any atom is -0.508 e. The molecule has 0 heterocycles. The van der Waals surface area contributed by atoms with Crippen molar-refractivity contribution in [1.82, 2.24) is 5.43 Å². The lowest BCUT2D eigenvalue weighted by atomic mass is 10.2. The van der Waals surface area contributed by atoms with Crippen LogP contribution in [-0.4, -0.2) is 29.4 Å². The highest BCUT2D eigenvalue weighted by atomic mass is 79.9. The Balaban J connectivity index is 2.06. The molecule has 1 amide bonds. The summed E-state index contributed by atoms with van der Waals surface area (Å²) >= 11 is 3.30. The van der Waals surface area contributed by atoms with Gasteiger partial charge in [-0.3, -0.25) is 4.79 Å². The van der Waals surface area contributed by atoms with Gasteiger partial charge in [0.2, 0.25) is 0 Å². The van der Waals surface area contributed by atoms with E-state index in [0.29, 0.717) is 21.3 Å². The lowest BCUT2D eigenvalue weighted by molar-refractivity contribution is 0.0955. The van der Waals surface area contributed by atoms with E-state index in [1.54, 1.807) is 18.2 Å². The van der Waals surface area contributed by atoms with Gasteiger partial charge in [-0.2, -0.15) is 5.10 Å². The summed E-state index contributed by atoms with van der Waals surface area (Å²) < 4.78 is 5.74. The van der Waals surface area contributed by atoms with Crippen molar-refractivity contribution in [1.29, 1.82) is 0 Å². The van der Waals surface area contributed by atoms with Crippen LogP contribution < -0.4 is 10.2 Å². The first-order valence-electron chi connectivity index (χ1n) is 6.20. The van der Waals surface area contributed by atoms with Gasteiger partial charge in [-0.05, 0) is 46.3 Å². The molecule has 7 heteroatoms. The number of amides is 1. The summed E-state index contributed by atoms with van der Waals surface area (Å²) in [4.78, 5) is 11.9. The fourth-order valence-electron chi connectivity index (χ4n) is 1.67. The zero-order valence-corrected chi connectivity index (χ0v) is 13.2. The minimum atomic E-state index is -0.405. The molecule has 0 saturated carbocycles. The van der Waals surface area contributed by atoms with Crippen LogP contribution in [0.1, 0.15) is 15.9 Å². The van der Waals surface area contributed by atoms with E-state index < -0.39 is 5.91 Å². The van der Waals surface area contributed by atoms with Crippen molar-refractivity contribution in [3.63, 3.8) is 0 Å². The SMILES string of the molecule is COc1ccc(C(=O)NN=Cc2ccc(O)cc2O)cc1Br. The summed E-state index contributed by atoms with van der Waals surface area (Å²) in [6.45, 7) is 0. The Morgan fingerprint density at radius 3 is 2.68 bits per heavy atom. The largest absolute Gasteiger partial charge is 0.508 e. The van der Waals surface area contributed by atoms with Gasteiger partial charge < -0.3 is 14.9 Å². The minimum absolute atomic E-state index is 0.0539. The molecule has 0 unspecified atom stereocenters. The van der Waals surface area contributed by atoms with Crippen molar-refractivity contribution in [3.8, 4) is 17.2 Å². The van der Waals surface area contributed by atoms with Crippen molar-refractivity contribution < 1.29 is 19.7 Å². The molecule has 3 N–H and O–H groups in total. The first kappa shape index (κ1) is 15.8. The molecule has 0 radical (unpaired) electrons. The predicted octanol–water partition coefficient (Wildman–Crippen LogP) is 2.63. The number of phenolic OH excluding ortho intramolecular Hbond substituents is 2. The molecule has 2 aromatic carbocycles. The Morgan fingerprint density at radius 1 is 1.27 bits per heavy atom. The highest BCUT2D eigenvalue weighted by Gasteiger charge is 2.08. The monoisotopic (exact) mass is 364 g/mol. The predicted molar refractivity (Wildman–Crippen MR) is 85.5 cm³/mol. The molecule has 0 bridgehead atoms. The van der Waals surface area contributed by atoms with Gasteiger partial charge in [0.15, 0.2) is 0 Å². The second-order valence-corrected chi connectivity index (χ2v) is 5.15. The number of hydrazone groups is 1. The van der Waals surface area contributed by atoms with Gasteiger partial charge in [0.1, 0.15) is 17.2 Å². The van der Waals surface area contributed by atoms with E-state index in [1.807, 2.05) is 0 Å². The van der Waals surface area contributed by atoms with Gasteiger partial charge in [-0.1, -0.05) is 0 Å². The van der Waals surface area contributed by atoms with Crippen molar-refractivity contribution in [2.24, 2.45) is 5.10 Å². The van der Waals surface area contributed by atoms with E-state index in [-0.39, 0.29) is 11.5 Å². The number of halogens is 1. The molecular weight excluding hydrogens is 352 g/mol. The van der Waals surface area contributed by atoms with Crippen molar-refractivity contribution >= 4 is 28.1 Å². The average Bonchev–Trinajstić information content (AvgIpc) is 2.49. The zero-order valence-electron chi connectivity index (χ0n) is 11.6. The highest BCUT2D eigenvalue weighted by molar-refractivity contribution is 9.10. The molecule has 0 atom stereocenters. The van der Waals surface area contributed by atoms with E-state index in [2.05, 4.69) is 26.5 Å². The molecule has 22 heavy (non-hydrogen) atoms. The van der Waals surface area contributed by atoms with Gasteiger partial charge in [0.05, 0.1) is 17.8 Å². The van der Waals surface area contributed by atoms with E-state index in [4.69, 9.17) is 4.74 Å². The molecule has 0 aromatic heterocycles. The molecule has 0 aliphatic heterocycles.